The Kier molecular flexibility index (Phi) is 8.19. The van der Waals surface area contributed by atoms with E-state index in [-0.39, 0.29) is 18.4 Å². The molecule has 3 aromatic carbocycles. The van der Waals surface area contributed by atoms with E-state index in [9.17, 15) is 28.6 Å². The van der Waals surface area contributed by atoms with E-state index in [2.05, 4.69) is 10.3 Å². The van der Waals surface area contributed by atoms with Gasteiger partial charge in [-0.05, 0) is 54.8 Å². The summed E-state index contributed by atoms with van der Waals surface area (Å²) < 4.78 is 29.2. The van der Waals surface area contributed by atoms with E-state index in [4.69, 9.17) is 16.9 Å². The topological polar surface area (TPSA) is 123 Å². The molecule has 0 saturated carbocycles. The van der Waals surface area contributed by atoms with Gasteiger partial charge < -0.3 is 15.5 Å². The molecule has 0 radical (unpaired) electrons. The molecule has 0 aliphatic carbocycles. The Bertz CT molecular complexity index is 1610. The average molecular weight is 550 g/mol. The number of hydrogen-bond donors (Lipinski definition) is 3. The highest BCUT2D eigenvalue weighted by atomic mass is 35.5. The zero-order valence-electron chi connectivity index (χ0n) is 20.6. The third kappa shape index (κ3) is 6.03. The van der Waals surface area contributed by atoms with Crippen molar-refractivity contribution in [3.05, 3.63) is 99.7 Å². The number of carboxylic acid groups (broad SMARTS) is 1. The summed E-state index contributed by atoms with van der Waals surface area (Å²) in [6.45, 7) is 1.46. The predicted octanol–water partition coefficient (Wildman–Crippen LogP) is 5.05. The fourth-order valence-electron chi connectivity index (χ4n) is 4.38. The number of aliphatic carboxylic acids is 1. The number of pyridine rings is 1. The minimum atomic E-state index is -1.51. The van der Waals surface area contributed by atoms with Crippen molar-refractivity contribution < 1.29 is 28.6 Å². The fourth-order valence-corrected chi connectivity index (χ4v) is 4.66. The molecule has 7 nitrogen and oxygen atoms in total. The van der Waals surface area contributed by atoms with E-state index < -0.39 is 41.2 Å². The summed E-state index contributed by atoms with van der Waals surface area (Å²) >= 11 is 6.41. The largest absolute Gasteiger partial charge is 0.480 e. The Morgan fingerprint density at radius 1 is 1.08 bits per heavy atom. The molecular formula is C29H22ClF2N3O4. The Morgan fingerprint density at radius 3 is 2.38 bits per heavy atom. The minimum absolute atomic E-state index is 0.0156. The first-order valence-electron chi connectivity index (χ1n) is 11.8. The van der Waals surface area contributed by atoms with Crippen LogP contribution in [0.2, 0.25) is 5.02 Å². The van der Waals surface area contributed by atoms with Crippen LogP contribution < -0.4 is 5.32 Å². The summed E-state index contributed by atoms with van der Waals surface area (Å²) in [5.74, 6) is -4.94. The summed E-state index contributed by atoms with van der Waals surface area (Å²) in [6.07, 6.45) is 0.506. The van der Waals surface area contributed by atoms with Crippen LogP contribution in [0.1, 0.15) is 34.0 Å². The number of hydrogen-bond acceptors (Lipinski definition) is 5. The van der Waals surface area contributed by atoms with Gasteiger partial charge in [-0.25, -0.2) is 13.6 Å². The molecule has 10 heteroatoms. The number of nitrogens with one attached hydrogen (secondary N) is 1. The number of carbonyl (C=O) groups excluding carboxylic acids is 1. The number of aromatic nitrogens is 1. The molecule has 0 aliphatic rings. The molecule has 1 heterocycles. The Labute approximate surface area is 227 Å². The lowest BCUT2D eigenvalue weighted by Gasteiger charge is -2.18. The minimum Gasteiger partial charge on any atom is -0.480 e. The lowest BCUT2D eigenvalue weighted by atomic mass is 9.94. The van der Waals surface area contributed by atoms with Gasteiger partial charge in [-0.15, -0.1) is 0 Å². The molecule has 1 amide bonds. The van der Waals surface area contributed by atoms with Gasteiger partial charge >= 0.3 is 5.97 Å². The van der Waals surface area contributed by atoms with Crippen molar-refractivity contribution >= 4 is 34.4 Å². The van der Waals surface area contributed by atoms with E-state index in [1.807, 2.05) is 6.07 Å². The third-order valence-electron chi connectivity index (χ3n) is 6.14. The first kappa shape index (κ1) is 27.6. The molecule has 1 unspecified atom stereocenters. The quantitative estimate of drug-likeness (QED) is 0.282. The second-order valence-electron chi connectivity index (χ2n) is 9.03. The van der Waals surface area contributed by atoms with Crippen LogP contribution in [0.25, 0.3) is 22.0 Å². The maximum atomic E-state index is 14.6. The van der Waals surface area contributed by atoms with Gasteiger partial charge in [0.25, 0.3) is 5.91 Å². The second-order valence-corrected chi connectivity index (χ2v) is 9.44. The van der Waals surface area contributed by atoms with Gasteiger partial charge in [0.05, 0.1) is 23.3 Å². The standard InChI is InChI=1S/C29H22ClF2N3O4/c1-15(36)9-17-11-23(31)26(24(32)12-17)28(37)35-25(29(38)39)13-18-5-7-21(27-19(18)3-2-8-34-27)20-6-4-16(14-33)10-22(20)30/h2-8,10-12,15,25,36H,9,13H2,1H3,(H,35,37)(H,38,39)/t15?,25-/m0/s1. The summed E-state index contributed by atoms with van der Waals surface area (Å²) in [4.78, 5) is 29.3. The molecule has 0 spiro atoms. The van der Waals surface area contributed by atoms with Gasteiger partial charge in [-0.3, -0.25) is 9.78 Å². The Balaban J connectivity index is 1.66. The Morgan fingerprint density at radius 2 is 1.77 bits per heavy atom. The zero-order valence-corrected chi connectivity index (χ0v) is 21.3. The summed E-state index contributed by atoms with van der Waals surface area (Å²) in [5.41, 5.74) is 1.96. The lowest BCUT2D eigenvalue weighted by molar-refractivity contribution is -0.139. The van der Waals surface area contributed by atoms with Crippen LogP contribution >= 0.6 is 11.6 Å². The van der Waals surface area contributed by atoms with Crippen LogP contribution in [0, 0.1) is 23.0 Å². The lowest BCUT2D eigenvalue weighted by Crippen LogP contribution is -2.43. The first-order valence-corrected chi connectivity index (χ1v) is 12.2. The Hall–Kier alpha value is -4.39. The van der Waals surface area contributed by atoms with Crippen LogP contribution in [-0.4, -0.2) is 39.2 Å². The van der Waals surface area contributed by atoms with Crippen molar-refractivity contribution in [1.82, 2.24) is 10.3 Å². The fraction of sp³-hybridized carbons (Fsp3) is 0.172. The number of amides is 1. The molecule has 0 bridgehead atoms. The molecule has 0 saturated heterocycles. The predicted molar refractivity (Wildman–Crippen MR) is 141 cm³/mol. The zero-order chi connectivity index (χ0) is 28.3. The highest BCUT2D eigenvalue weighted by Crippen LogP contribution is 2.34. The number of fused-ring (bicyclic) bond motifs is 1. The number of carbonyl (C=O) groups is 2. The van der Waals surface area contributed by atoms with Crippen molar-refractivity contribution in [3.63, 3.8) is 0 Å². The summed E-state index contributed by atoms with van der Waals surface area (Å²) in [7, 11) is 0. The normalized spacial score (nSPS) is 12.5. The molecule has 1 aromatic heterocycles. The van der Waals surface area contributed by atoms with Crippen LogP contribution in [0.15, 0.2) is 60.8 Å². The molecule has 3 N–H and O–H groups in total. The van der Waals surface area contributed by atoms with Crippen molar-refractivity contribution in [2.24, 2.45) is 0 Å². The van der Waals surface area contributed by atoms with Gasteiger partial charge in [0.2, 0.25) is 0 Å². The SMILES string of the molecule is CC(O)Cc1cc(F)c(C(=O)N[C@@H](Cc2ccc(-c3ccc(C#N)cc3Cl)c3ncccc23)C(=O)O)c(F)c1. The molecule has 0 aliphatic heterocycles. The maximum Gasteiger partial charge on any atom is 0.326 e. The van der Waals surface area contributed by atoms with E-state index in [0.29, 0.717) is 38.2 Å². The number of carboxylic acids is 1. The highest BCUT2D eigenvalue weighted by Gasteiger charge is 2.26. The number of rotatable bonds is 8. The van der Waals surface area contributed by atoms with Crippen molar-refractivity contribution in [1.29, 1.82) is 5.26 Å². The van der Waals surface area contributed by atoms with Gasteiger partial charge in [0, 0.05) is 34.2 Å². The monoisotopic (exact) mass is 549 g/mol. The average Bonchev–Trinajstić information content (AvgIpc) is 2.87. The van der Waals surface area contributed by atoms with Crippen molar-refractivity contribution in [3.8, 4) is 17.2 Å². The van der Waals surface area contributed by atoms with Crippen LogP contribution in [0.3, 0.4) is 0 Å². The highest BCUT2D eigenvalue weighted by molar-refractivity contribution is 6.33. The number of nitrogens with zero attached hydrogens (tertiary/aromatic N) is 2. The number of aliphatic hydroxyl groups excluding tert-OH is 1. The number of benzene rings is 3. The number of halogens is 3. The van der Waals surface area contributed by atoms with Gasteiger partial charge in [-0.1, -0.05) is 35.9 Å². The molecule has 0 fully saturated rings. The van der Waals surface area contributed by atoms with Gasteiger partial charge in [0.15, 0.2) is 0 Å². The molecule has 4 rings (SSSR count). The van der Waals surface area contributed by atoms with E-state index in [1.165, 1.54) is 13.0 Å². The number of aliphatic hydroxyl groups is 1. The molecule has 198 valence electrons. The smallest absolute Gasteiger partial charge is 0.326 e. The summed E-state index contributed by atoms with van der Waals surface area (Å²) in [5, 5.41) is 31.5. The van der Waals surface area contributed by atoms with E-state index >= 15 is 0 Å². The van der Waals surface area contributed by atoms with Crippen LogP contribution in [0.5, 0.6) is 0 Å². The summed E-state index contributed by atoms with van der Waals surface area (Å²) in [6, 6.07) is 14.0. The van der Waals surface area contributed by atoms with Crippen molar-refractivity contribution in [2.75, 3.05) is 0 Å². The third-order valence-corrected chi connectivity index (χ3v) is 6.45. The van der Waals surface area contributed by atoms with E-state index in [0.717, 1.165) is 12.1 Å². The molecule has 39 heavy (non-hydrogen) atoms. The van der Waals surface area contributed by atoms with Gasteiger partial charge in [-0.2, -0.15) is 5.26 Å². The first-order chi connectivity index (χ1) is 18.6. The van der Waals surface area contributed by atoms with Crippen LogP contribution in [-0.2, 0) is 17.6 Å². The van der Waals surface area contributed by atoms with E-state index in [1.54, 1.807) is 42.6 Å². The number of nitriles is 1. The van der Waals surface area contributed by atoms with Crippen molar-refractivity contribution in [2.45, 2.75) is 31.9 Å². The van der Waals surface area contributed by atoms with Gasteiger partial charge in [0.1, 0.15) is 23.2 Å². The molecule has 2 atom stereocenters. The van der Waals surface area contributed by atoms with Crippen LogP contribution in [0.4, 0.5) is 8.78 Å². The molecular weight excluding hydrogens is 528 g/mol. The maximum absolute atomic E-state index is 14.6. The second kappa shape index (κ2) is 11.6. The molecule has 4 aromatic rings.